The van der Waals surface area contributed by atoms with Crippen molar-refractivity contribution >= 4 is 17.8 Å². The Morgan fingerprint density at radius 3 is 2.23 bits per heavy atom. The lowest BCUT2D eigenvalue weighted by Gasteiger charge is -2.33. The van der Waals surface area contributed by atoms with Crippen molar-refractivity contribution in [2.45, 2.75) is 6.92 Å². The van der Waals surface area contributed by atoms with Crippen LogP contribution in [0.2, 0.25) is 0 Å². The molecule has 22 heavy (non-hydrogen) atoms. The third-order valence-corrected chi connectivity index (χ3v) is 3.42. The van der Waals surface area contributed by atoms with Crippen LogP contribution in [0.1, 0.15) is 6.92 Å². The number of anilines is 1. The zero-order valence-corrected chi connectivity index (χ0v) is 12.9. The zero-order valence-electron chi connectivity index (χ0n) is 12.9. The highest BCUT2D eigenvalue weighted by molar-refractivity contribution is 5.89. The predicted molar refractivity (Wildman–Crippen MR) is 82.2 cm³/mol. The van der Waals surface area contributed by atoms with E-state index in [0.717, 1.165) is 5.75 Å². The number of methoxy groups -OCH3 is 1. The Morgan fingerprint density at radius 1 is 1.09 bits per heavy atom. The van der Waals surface area contributed by atoms with E-state index in [4.69, 9.17) is 4.74 Å². The van der Waals surface area contributed by atoms with Crippen LogP contribution < -0.4 is 10.1 Å². The predicted octanol–water partition coefficient (Wildman–Crippen LogP) is 2.00. The fourth-order valence-corrected chi connectivity index (χ4v) is 2.22. The number of carbonyl (C=O) groups is 2. The highest BCUT2D eigenvalue weighted by Crippen LogP contribution is 2.16. The molecular formula is C15H21N3O4. The van der Waals surface area contributed by atoms with Gasteiger partial charge in [0, 0.05) is 31.9 Å². The van der Waals surface area contributed by atoms with E-state index in [1.54, 1.807) is 21.9 Å². The molecular weight excluding hydrogens is 286 g/mol. The van der Waals surface area contributed by atoms with Gasteiger partial charge in [0.15, 0.2) is 0 Å². The van der Waals surface area contributed by atoms with Crippen molar-refractivity contribution in [3.05, 3.63) is 24.3 Å². The van der Waals surface area contributed by atoms with Crippen LogP contribution in [0.4, 0.5) is 15.3 Å². The first-order chi connectivity index (χ1) is 10.6. The van der Waals surface area contributed by atoms with E-state index < -0.39 is 0 Å². The number of hydrogen-bond donors (Lipinski definition) is 1. The van der Waals surface area contributed by atoms with Crippen LogP contribution in [0.3, 0.4) is 0 Å². The van der Waals surface area contributed by atoms with E-state index in [2.05, 4.69) is 10.1 Å². The molecule has 1 aliphatic rings. The minimum atomic E-state index is -0.355. The van der Waals surface area contributed by atoms with Crippen LogP contribution in [0, 0.1) is 0 Å². The number of nitrogens with zero attached hydrogens (tertiary/aromatic N) is 2. The van der Waals surface area contributed by atoms with Gasteiger partial charge < -0.3 is 24.6 Å². The van der Waals surface area contributed by atoms with Gasteiger partial charge in [0.25, 0.3) is 0 Å². The van der Waals surface area contributed by atoms with E-state index in [0.29, 0.717) is 38.5 Å². The number of rotatable bonds is 3. The van der Waals surface area contributed by atoms with Gasteiger partial charge in [-0.2, -0.15) is 0 Å². The molecule has 1 aromatic rings. The second kappa shape index (κ2) is 7.53. The third-order valence-electron chi connectivity index (χ3n) is 3.42. The van der Waals surface area contributed by atoms with Gasteiger partial charge >= 0.3 is 12.1 Å². The summed E-state index contributed by atoms with van der Waals surface area (Å²) >= 11 is 0. The van der Waals surface area contributed by atoms with Crippen LogP contribution in [0.15, 0.2) is 24.3 Å². The normalized spacial score (nSPS) is 14.5. The molecule has 0 atom stereocenters. The molecule has 7 nitrogen and oxygen atoms in total. The maximum atomic E-state index is 12.2. The smallest absolute Gasteiger partial charge is 0.409 e. The van der Waals surface area contributed by atoms with Gasteiger partial charge in [-0.1, -0.05) is 0 Å². The van der Waals surface area contributed by atoms with Crippen molar-refractivity contribution in [3.8, 4) is 5.75 Å². The van der Waals surface area contributed by atoms with E-state index in [1.165, 1.54) is 7.11 Å². The molecule has 2 rings (SSSR count). The highest BCUT2D eigenvalue weighted by atomic mass is 16.5. The Bertz CT molecular complexity index is 510. The summed E-state index contributed by atoms with van der Waals surface area (Å²) in [5.41, 5.74) is 0.712. The first-order valence-corrected chi connectivity index (χ1v) is 7.25. The molecule has 120 valence electrons. The van der Waals surface area contributed by atoms with E-state index in [9.17, 15) is 9.59 Å². The van der Waals surface area contributed by atoms with Crippen molar-refractivity contribution in [2.24, 2.45) is 0 Å². The topological polar surface area (TPSA) is 71.1 Å². The first-order valence-electron chi connectivity index (χ1n) is 7.25. The molecule has 0 spiro atoms. The molecule has 1 aliphatic heterocycles. The summed E-state index contributed by atoms with van der Waals surface area (Å²) in [6, 6.07) is 7.05. The second-order valence-corrected chi connectivity index (χ2v) is 4.83. The molecule has 7 heteroatoms. The highest BCUT2D eigenvalue weighted by Gasteiger charge is 2.24. The van der Waals surface area contributed by atoms with Gasteiger partial charge in [-0.05, 0) is 31.2 Å². The fraction of sp³-hybridized carbons (Fsp3) is 0.467. The van der Waals surface area contributed by atoms with Crippen molar-refractivity contribution in [3.63, 3.8) is 0 Å². The quantitative estimate of drug-likeness (QED) is 0.927. The van der Waals surface area contributed by atoms with Gasteiger partial charge in [-0.15, -0.1) is 0 Å². The Balaban J connectivity index is 1.84. The lowest BCUT2D eigenvalue weighted by atomic mass is 10.3. The molecule has 3 amide bonds. The fourth-order valence-electron chi connectivity index (χ4n) is 2.22. The molecule has 1 heterocycles. The Hall–Kier alpha value is -2.44. The molecule has 0 radical (unpaired) electrons. The number of nitrogens with one attached hydrogen (secondary N) is 1. The molecule has 1 aromatic carbocycles. The summed E-state index contributed by atoms with van der Waals surface area (Å²) in [6.07, 6.45) is -0.355. The van der Waals surface area contributed by atoms with Crippen LogP contribution in [-0.4, -0.2) is 61.8 Å². The summed E-state index contributed by atoms with van der Waals surface area (Å²) in [4.78, 5) is 26.8. The van der Waals surface area contributed by atoms with Crippen LogP contribution >= 0.6 is 0 Å². The number of urea groups is 1. The largest absolute Gasteiger partial charge is 0.494 e. The van der Waals surface area contributed by atoms with Gasteiger partial charge in [0.1, 0.15) is 5.75 Å². The first kappa shape index (κ1) is 15.9. The van der Waals surface area contributed by atoms with Crippen LogP contribution in [0.5, 0.6) is 5.75 Å². The van der Waals surface area contributed by atoms with E-state index in [-0.39, 0.29) is 12.1 Å². The molecule has 0 aliphatic carbocycles. The van der Waals surface area contributed by atoms with Crippen molar-refractivity contribution < 1.29 is 19.1 Å². The molecule has 0 aromatic heterocycles. The monoisotopic (exact) mass is 307 g/mol. The van der Waals surface area contributed by atoms with Gasteiger partial charge in [-0.25, -0.2) is 9.59 Å². The molecule has 1 saturated heterocycles. The summed E-state index contributed by atoms with van der Waals surface area (Å²) in [7, 11) is 1.35. The summed E-state index contributed by atoms with van der Waals surface area (Å²) in [6.45, 7) is 4.45. The standard InChI is InChI=1S/C15H21N3O4/c1-3-22-13-6-4-12(5-7-13)16-14(19)17-8-10-18(11-9-17)15(20)21-2/h4-7H,3,8-11H2,1-2H3,(H,16,19). The number of ether oxygens (including phenoxy) is 2. The lowest BCUT2D eigenvalue weighted by molar-refractivity contribution is 0.0993. The average Bonchev–Trinajstić information content (AvgIpc) is 2.56. The Labute approximate surface area is 129 Å². The SMILES string of the molecule is CCOc1ccc(NC(=O)N2CCN(C(=O)OC)CC2)cc1. The number of hydrogen-bond acceptors (Lipinski definition) is 4. The molecule has 0 saturated carbocycles. The summed E-state index contributed by atoms with van der Waals surface area (Å²) in [5, 5.41) is 2.84. The maximum absolute atomic E-state index is 12.2. The summed E-state index contributed by atoms with van der Waals surface area (Å²) < 4.78 is 10.0. The molecule has 1 N–H and O–H groups in total. The average molecular weight is 307 g/mol. The third kappa shape index (κ3) is 4.03. The van der Waals surface area contributed by atoms with E-state index in [1.807, 2.05) is 19.1 Å². The Kier molecular flexibility index (Phi) is 5.46. The molecule has 0 unspecified atom stereocenters. The summed E-state index contributed by atoms with van der Waals surface area (Å²) in [5.74, 6) is 0.771. The van der Waals surface area contributed by atoms with Crippen LogP contribution in [-0.2, 0) is 4.74 Å². The minimum absolute atomic E-state index is 0.173. The van der Waals surface area contributed by atoms with Crippen molar-refractivity contribution in [1.29, 1.82) is 0 Å². The lowest BCUT2D eigenvalue weighted by Crippen LogP contribution is -2.51. The zero-order chi connectivity index (χ0) is 15.9. The minimum Gasteiger partial charge on any atom is -0.494 e. The molecule has 0 bridgehead atoms. The van der Waals surface area contributed by atoms with Gasteiger partial charge in [0.2, 0.25) is 0 Å². The molecule has 1 fully saturated rings. The number of carbonyl (C=O) groups excluding carboxylic acids is 2. The second-order valence-electron chi connectivity index (χ2n) is 4.83. The van der Waals surface area contributed by atoms with Crippen molar-refractivity contribution in [2.75, 3.05) is 45.2 Å². The number of amides is 3. The van der Waals surface area contributed by atoms with E-state index >= 15 is 0 Å². The van der Waals surface area contributed by atoms with Gasteiger partial charge in [-0.3, -0.25) is 0 Å². The van der Waals surface area contributed by atoms with Crippen molar-refractivity contribution in [1.82, 2.24) is 9.80 Å². The van der Waals surface area contributed by atoms with Gasteiger partial charge in [0.05, 0.1) is 13.7 Å². The maximum Gasteiger partial charge on any atom is 0.409 e. The van der Waals surface area contributed by atoms with Crippen LogP contribution in [0.25, 0.3) is 0 Å². The number of piperazine rings is 1. The Morgan fingerprint density at radius 2 is 1.68 bits per heavy atom. The number of benzene rings is 1.